The molecule has 0 aromatic heterocycles. The molecule has 0 fully saturated rings. The second-order valence-electron chi connectivity index (χ2n) is 3.85. The minimum absolute atomic E-state index is 0.0610. The number of ether oxygens (including phenoxy) is 2. The number of methoxy groups -OCH3 is 1. The molecule has 0 N–H and O–H groups in total. The summed E-state index contributed by atoms with van der Waals surface area (Å²) in [6.45, 7) is 0. The Hall–Kier alpha value is -2.40. The van der Waals surface area contributed by atoms with Gasteiger partial charge in [0.25, 0.3) is 0 Å². The Morgan fingerprint density at radius 3 is 2.40 bits per heavy atom. The van der Waals surface area contributed by atoms with Crippen molar-refractivity contribution in [2.75, 3.05) is 7.11 Å². The Balaban J connectivity index is 2.30. The third-order valence-electron chi connectivity index (χ3n) is 2.55. The molecule has 0 amide bonds. The Morgan fingerprint density at radius 2 is 1.75 bits per heavy atom. The Morgan fingerprint density at radius 1 is 1.10 bits per heavy atom. The molecule has 1 aromatic carbocycles. The molecule has 0 heterocycles. The number of hydrogen-bond donors (Lipinski definition) is 0. The fourth-order valence-corrected chi connectivity index (χ4v) is 1.77. The summed E-state index contributed by atoms with van der Waals surface area (Å²) in [6.07, 6.45) is 2.60. The smallest absolute Gasteiger partial charge is 0.225 e. The third kappa shape index (κ3) is 2.78. The third-order valence-corrected chi connectivity index (χ3v) is 2.78. The lowest BCUT2D eigenvalue weighted by atomic mass is 10.1. The van der Waals surface area contributed by atoms with E-state index in [1.165, 1.54) is 25.3 Å². The van der Waals surface area contributed by atoms with Gasteiger partial charge in [0.2, 0.25) is 11.6 Å². The molecule has 1 aromatic rings. The van der Waals surface area contributed by atoms with Gasteiger partial charge in [-0.25, -0.2) is 0 Å². The first-order valence-corrected chi connectivity index (χ1v) is 5.91. The van der Waals surface area contributed by atoms with Crippen LogP contribution in [-0.2, 0) is 14.3 Å². The zero-order valence-electron chi connectivity index (χ0n) is 10.4. The van der Waals surface area contributed by atoms with Gasteiger partial charge in [-0.3, -0.25) is 14.4 Å². The fraction of sp³-hybridized carbons (Fsp3) is 0.0714. The lowest BCUT2D eigenvalue weighted by molar-refractivity contribution is -0.118. The van der Waals surface area contributed by atoms with Crippen molar-refractivity contribution in [2.45, 2.75) is 0 Å². The molecule has 5 nitrogen and oxygen atoms in total. The number of carbonyl (C=O) groups excluding carboxylic acids is 3. The van der Waals surface area contributed by atoms with Crippen LogP contribution in [0, 0.1) is 0 Å². The number of aldehydes is 1. The quantitative estimate of drug-likeness (QED) is 0.628. The molecule has 20 heavy (non-hydrogen) atoms. The summed E-state index contributed by atoms with van der Waals surface area (Å²) in [7, 11) is 1.29. The predicted molar refractivity (Wildman–Crippen MR) is 70.7 cm³/mol. The summed E-state index contributed by atoms with van der Waals surface area (Å²) in [5.41, 5.74) is 0.181. The molecule has 0 aliphatic heterocycles. The van der Waals surface area contributed by atoms with Gasteiger partial charge >= 0.3 is 0 Å². The van der Waals surface area contributed by atoms with Crippen LogP contribution < -0.4 is 4.74 Å². The van der Waals surface area contributed by atoms with E-state index >= 15 is 0 Å². The topological polar surface area (TPSA) is 69.7 Å². The normalized spacial score (nSPS) is 14.5. The van der Waals surface area contributed by atoms with E-state index in [0.29, 0.717) is 11.3 Å². The molecule has 0 unspecified atom stereocenters. The highest BCUT2D eigenvalue weighted by Gasteiger charge is 2.23. The van der Waals surface area contributed by atoms with Gasteiger partial charge in [-0.15, -0.1) is 0 Å². The molecule has 0 bridgehead atoms. The van der Waals surface area contributed by atoms with Crippen molar-refractivity contribution in [1.29, 1.82) is 0 Å². The van der Waals surface area contributed by atoms with E-state index in [9.17, 15) is 14.4 Å². The van der Waals surface area contributed by atoms with Crippen molar-refractivity contribution in [2.24, 2.45) is 0 Å². The van der Waals surface area contributed by atoms with Gasteiger partial charge in [-0.1, -0.05) is 11.6 Å². The molecule has 0 spiro atoms. The van der Waals surface area contributed by atoms with Crippen LogP contribution in [0.5, 0.6) is 5.75 Å². The van der Waals surface area contributed by atoms with Crippen LogP contribution in [0.3, 0.4) is 0 Å². The Labute approximate surface area is 119 Å². The van der Waals surface area contributed by atoms with Crippen molar-refractivity contribution < 1.29 is 23.9 Å². The van der Waals surface area contributed by atoms with E-state index in [4.69, 9.17) is 21.1 Å². The maximum atomic E-state index is 11.8. The lowest BCUT2D eigenvalue weighted by Crippen LogP contribution is -2.18. The number of ketones is 2. The molecular weight excluding hydrogens is 284 g/mol. The average Bonchev–Trinajstić information content (AvgIpc) is 2.44. The van der Waals surface area contributed by atoms with Gasteiger partial charge in [-0.2, -0.15) is 0 Å². The molecule has 0 saturated heterocycles. The molecule has 102 valence electrons. The molecule has 1 aliphatic carbocycles. The number of benzene rings is 1. The minimum atomic E-state index is -0.520. The van der Waals surface area contributed by atoms with Crippen LogP contribution in [0.2, 0.25) is 5.02 Å². The highest BCUT2D eigenvalue weighted by Crippen LogP contribution is 2.24. The summed E-state index contributed by atoms with van der Waals surface area (Å²) in [5.74, 6) is -1.10. The SMILES string of the molecule is COC1=CC(=O)C(Oc2ccc(Cl)cc2C=O)=CC1=O. The van der Waals surface area contributed by atoms with Crippen LogP contribution in [0.1, 0.15) is 10.4 Å². The van der Waals surface area contributed by atoms with Gasteiger partial charge in [0.05, 0.1) is 12.7 Å². The maximum Gasteiger partial charge on any atom is 0.225 e. The largest absolute Gasteiger partial charge is 0.493 e. The van der Waals surface area contributed by atoms with Crippen molar-refractivity contribution in [3.63, 3.8) is 0 Å². The zero-order chi connectivity index (χ0) is 14.7. The summed E-state index contributed by atoms with van der Waals surface area (Å²) < 4.78 is 10.1. The highest BCUT2D eigenvalue weighted by atomic mass is 35.5. The van der Waals surface area contributed by atoms with E-state index in [-0.39, 0.29) is 22.8 Å². The monoisotopic (exact) mass is 292 g/mol. The number of halogens is 1. The molecule has 6 heteroatoms. The standard InChI is InChI=1S/C14H9ClO5/c1-19-13-5-11(18)14(6-10(13)17)20-12-3-2-9(15)4-8(12)7-16/h2-7H,1H3. The van der Waals surface area contributed by atoms with Crippen molar-refractivity contribution >= 4 is 29.5 Å². The molecule has 0 atom stereocenters. The van der Waals surface area contributed by atoms with E-state index < -0.39 is 11.6 Å². The second kappa shape index (κ2) is 5.71. The van der Waals surface area contributed by atoms with Crippen LogP contribution >= 0.6 is 11.6 Å². The minimum Gasteiger partial charge on any atom is -0.493 e. The summed E-state index contributed by atoms with van der Waals surface area (Å²) in [5, 5.41) is 0.362. The van der Waals surface area contributed by atoms with Crippen LogP contribution in [0.4, 0.5) is 0 Å². The van der Waals surface area contributed by atoms with Crippen molar-refractivity contribution in [3.8, 4) is 5.75 Å². The Bertz CT molecular complexity index is 658. The number of carbonyl (C=O) groups is 3. The van der Waals surface area contributed by atoms with E-state index in [2.05, 4.69) is 0 Å². The van der Waals surface area contributed by atoms with Gasteiger partial charge in [0, 0.05) is 17.2 Å². The highest BCUT2D eigenvalue weighted by molar-refractivity contribution is 6.30. The maximum absolute atomic E-state index is 11.8. The van der Waals surface area contributed by atoms with E-state index in [1.54, 1.807) is 0 Å². The number of hydrogen-bond acceptors (Lipinski definition) is 5. The summed E-state index contributed by atoms with van der Waals surface area (Å²) >= 11 is 5.75. The van der Waals surface area contributed by atoms with Crippen LogP contribution in [0.25, 0.3) is 0 Å². The average molecular weight is 293 g/mol. The zero-order valence-corrected chi connectivity index (χ0v) is 11.1. The van der Waals surface area contributed by atoms with Crippen molar-refractivity contribution in [3.05, 3.63) is 52.5 Å². The summed E-state index contributed by atoms with van der Waals surface area (Å²) in [6, 6.07) is 4.35. The van der Waals surface area contributed by atoms with Crippen LogP contribution in [-0.4, -0.2) is 25.0 Å². The lowest BCUT2D eigenvalue weighted by Gasteiger charge is -2.13. The first-order valence-electron chi connectivity index (χ1n) is 5.53. The number of rotatable bonds is 4. The molecule has 2 rings (SSSR count). The Kier molecular flexibility index (Phi) is 4.00. The van der Waals surface area contributed by atoms with Gasteiger partial charge in [-0.05, 0) is 18.2 Å². The molecule has 0 radical (unpaired) electrons. The predicted octanol–water partition coefficient (Wildman–Crippen LogP) is 2.10. The van der Waals surface area contributed by atoms with Gasteiger partial charge in [0.15, 0.2) is 17.8 Å². The number of allylic oxidation sites excluding steroid dienone is 2. The first-order chi connectivity index (χ1) is 9.55. The van der Waals surface area contributed by atoms with Gasteiger partial charge in [0.1, 0.15) is 5.75 Å². The van der Waals surface area contributed by atoms with E-state index in [0.717, 1.165) is 12.2 Å². The van der Waals surface area contributed by atoms with E-state index in [1.807, 2.05) is 0 Å². The fourth-order valence-electron chi connectivity index (χ4n) is 1.58. The molecular formula is C14H9ClO5. The first kappa shape index (κ1) is 14.0. The molecule has 1 aliphatic rings. The summed E-state index contributed by atoms with van der Waals surface area (Å²) in [4.78, 5) is 34.3. The van der Waals surface area contributed by atoms with Gasteiger partial charge < -0.3 is 9.47 Å². The van der Waals surface area contributed by atoms with Crippen LogP contribution in [0.15, 0.2) is 41.9 Å². The van der Waals surface area contributed by atoms with Crippen molar-refractivity contribution in [1.82, 2.24) is 0 Å². The second-order valence-corrected chi connectivity index (χ2v) is 4.29. The molecule has 0 saturated carbocycles.